The van der Waals surface area contributed by atoms with Crippen molar-refractivity contribution in [3.63, 3.8) is 0 Å². The fourth-order valence-corrected chi connectivity index (χ4v) is 2.15. The van der Waals surface area contributed by atoms with E-state index in [-0.39, 0.29) is 5.41 Å². The Labute approximate surface area is 119 Å². The summed E-state index contributed by atoms with van der Waals surface area (Å²) in [4.78, 5) is 4.14. The van der Waals surface area contributed by atoms with Crippen LogP contribution in [0.15, 0.2) is 42.6 Å². The molecule has 0 aliphatic rings. The summed E-state index contributed by atoms with van der Waals surface area (Å²) in [5, 5.41) is 10.8. The van der Waals surface area contributed by atoms with E-state index in [1.165, 1.54) is 5.56 Å². The van der Waals surface area contributed by atoms with E-state index in [0.717, 1.165) is 5.56 Å². The van der Waals surface area contributed by atoms with Gasteiger partial charge in [0.2, 0.25) is 0 Å². The van der Waals surface area contributed by atoms with E-state index in [4.69, 9.17) is 11.6 Å². The zero-order valence-corrected chi connectivity index (χ0v) is 12.1. The maximum absolute atomic E-state index is 10.3. The Morgan fingerprint density at radius 2 is 1.74 bits per heavy atom. The van der Waals surface area contributed by atoms with Gasteiger partial charge in [-0.2, -0.15) is 0 Å². The lowest BCUT2D eigenvalue weighted by Gasteiger charge is -2.20. The van der Waals surface area contributed by atoms with Crippen molar-refractivity contribution in [2.24, 2.45) is 0 Å². The molecule has 0 spiro atoms. The zero-order valence-electron chi connectivity index (χ0n) is 11.4. The highest BCUT2D eigenvalue weighted by Crippen LogP contribution is 2.28. The van der Waals surface area contributed by atoms with Crippen LogP contribution in [0.2, 0.25) is 5.02 Å². The Bertz CT molecular complexity index is 558. The molecule has 0 radical (unpaired) electrons. The summed E-state index contributed by atoms with van der Waals surface area (Å²) in [6.07, 6.45) is 0.844. The van der Waals surface area contributed by atoms with Gasteiger partial charge in [-0.25, -0.2) is 0 Å². The van der Waals surface area contributed by atoms with Gasteiger partial charge in [0.25, 0.3) is 0 Å². The molecule has 0 saturated heterocycles. The van der Waals surface area contributed by atoms with Gasteiger partial charge in [-0.3, -0.25) is 4.98 Å². The Morgan fingerprint density at radius 3 is 2.26 bits per heavy atom. The molecular weight excluding hydrogens is 258 g/mol. The molecule has 0 aliphatic heterocycles. The molecule has 0 bridgehead atoms. The van der Waals surface area contributed by atoms with E-state index < -0.39 is 6.10 Å². The molecule has 1 aromatic heterocycles. The number of hydrogen-bond donors (Lipinski definition) is 1. The lowest BCUT2D eigenvalue weighted by Crippen LogP contribution is -2.11. The van der Waals surface area contributed by atoms with Crippen LogP contribution < -0.4 is 0 Å². The van der Waals surface area contributed by atoms with Crippen molar-refractivity contribution in [1.29, 1.82) is 0 Å². The minimum atomic E-state index is -0.789. The average Bonchev–Trinajstić information content (AvgIpc) is 2.38. The van der Waals surface area contributed by atoms with Crippen LogP contribution in [0.4, 0.5) is 0 Å². The molecule has 0 saturated carbocycles. The lowest BCUT2D eigenvalue weighted by atomic mass is 9.86. The van der Waals surface area contributed by atoms with Crippen molar-refractivity contribution in [3.05, 3.63) is 64.4 Å². The van der Waals surface area contributed by atoms with E-state index >= 15 is 0 Å². The summed E-state index contributed by atoms with van der Waals surface area (Å²) < 4.78 is 0. The first kappa shape index (κ1) is 14.0. The van der Waals surface area contributed by atoms with Gasteiger partial charge in [0.15, 0.2) is 0 Å². The van der Waals surface area contributed by atoms with Crippen LogP contribution in [-0.4, -0.2) is 10.1 Å². The molecule has 100 valence electrons. The second kappa shape index (κ2) is 5.32. The van der Waals surface area contributed by atoms with Crippen molar-refractivity contribution < 1.29 is 5.11 Å². The number of halogens is 1. The molecule has 2 rings (SSSR count). The third kappa shape index (κ3) is 3.14. The van der Waals surface area contributed by atoms with Crippen LogP contribution in [0.25, 0.3) is 0 Å². The minimum absolute atomic E-state index is 0.103. The SMILES string of the molecule is CC(C)(C)c1ccc(C(O)c2ncccc2Cl)cc1. The van der Waals surface area contributed by atoms with Gasteiger partial charge in [0.1, 0.15) is 6.10 Å². The van der Waals surface area contributed by atoms with Crippen molar-refractivity contribution in [3.8, 4) is 0 Å². The quantitative estimate of drug-likeness (QED) is 0.894. The topological polar surface area (TPSA) is 33.1 Å². The van der Waals surface area contributed by atoms with Crippen LogP contribution in [0.3, 0.4) is 0 Å². The van der Waals surface area contributed by atoms with E-state index in [2.05, 4.69) is 25.8 Å². The Kier molecular flexibility index (Phi) is 3.93. The molecule has 0 fully saturated rings. The maximum atomic E-state index is 10.3. The first-order chi connectivity index (χ1) is 8.89. The highest BCUT2D eigenvalue weighted by Gasteiger charge is 2.17. The Balaban J connectivity index is 2.31. The summed E-state index contributed by atoms with van der Waals surface area (Å²) in [6.45, 7) is 6.48. The lowest BCUT2D eigenvalue weighted by molar-refractivity contribution is 0.215. The van der Waals surface area contributed by atoms with Gasteiger partial charge < -0.3 is 5.11 Å². The van der Waals surface area contributed by atoms with E-state index in [9.17, 15) is 5.11 Å². The number of hydrogen-bond acceptors (Lipinski definition) is 2. The molecule has 1 atom stereocenters. The van der Waals surface area contributed by atoms with Gasteiger partial charge in [-0.05, 0) is 28.7 Å². The molecule has 0 amide bonds. The second-order valence-electron chi connectivity index (χ2n) is 5.65. The molecule has 3 heteroatoms. The number of aliphatic hydroxyl groups excluding tert-OH is 1. The van der Waals surface area contributed by atoms with Crippen molar-refractivity contribution in [2.75, 3.05) is 0 Å². The van der Waals surface area contributed by atoms with Crippen LogP contribution >= 0.6 is 11.6 Å². The fraction of sp³-hybridized carbons (Fsp3) is 0.312. The standard InChI is InChI=1S/C16H18ClNO/c1-16(2,3)12-8-6-11(7-9-12)15(19)14-13(17)5-4-10-18-14/h4-10,15,19H,1-3H3. The summed E-state index contributed by atoms with van der Waals surface area (Å²) in [5.74, 6) is 0. The molecule has 1 unspecified atom stereocenters. The zero-order chi connectivity index (χ0) is 14.0. The largest absolute Gasteiger partial charge is 0.382 e. The molecule has 1 heterocycles. The van der Waals surface area contributed by atoms with Gasteiger partial charge >= 0.3 is 0 Å². The second-order valence-corrected chi connectivity index (χ2v) is 6.05. The molecular formula is C16H18ClNO. The first-order valence-electron chi connectivity index (χ1n) is 6.28. The van der Waals surface area contributed by atoms with Gasteiger partial charge in [0, 0.05) is 6.20 Å². The van der Waals surface area contributed by atoms with E-state index in [1.807, 2.05) is 24.3 Å². The maximum Gasteiger partial charge on any atom is 0.122 e. The normalized spacial score (nSPS) is 13.3. The van der Waals surface area contributed by atoms with Gasteiger partial charge in [0.05, 0.1) is 10.7 Å². The molecule has 0 aliphatic carbocycles. The van der Waals surface area contributed by atoms with Gasteiger partial charge in [-0.15, -0.1) is 0 Å². The molecule has 19 heavy (non-hydrogen) atoms. The number of aliphatic hydroxyl groups is 1. The minimum Gasteiger partial charge on any atom is -0.382 e. The monoisotopic (exact) mass is 275 g/mol. The third-order valence-corrected chi connectivity index (χ3v) is 3.46. The summed E-state index contributed by atoms with van der Waals surface area (Å²) in [6, 6.07) is 11.4. The Morgan fingerprint density at radius 1 is 1.11 bits per heavy atom. The molecule has 2 aromatic rings. The van der Waals surface area contributed by atoms with Gasteiger partial charge in [-0.1, -0.05) is 56.6 Å². The van der Waals surface area contributed by atoms with Crippen LogP contribution in [0, 0.1) is 0 Å². The third-order valence-electron chi connectivity index (χ3n) is 3.14. The van der Waals surface area contributed by atoms with Crippen molar-refractivity contribution >= 4 is 11.6 Å². The average molecular weight is 276 g/mol. The van der Waals surface area contributed by atoms with E-state index in [0.29, 0.717) is 10.7 Å². The number of nitrogens with zero attached hydrogens (tertiary/aromatic N) is 1. The van der Waals surface area contributed by atoms with Crippen LogP contribution in [0.1, 0.15) is 43.7 Å². The number of pyridine rings is 1. The van der Waals surface area contributed by atoms with Crippen LogP contribution in [0.5, 0.6) is 0 Å². The molecule has 1 N–H and O–H groups in total. The highest BCUT2D eigenvalue weighted by atomic mass is 35.5. The number of benzene rings is 1. The Hall–Kier alpha value is -1.38. The van der Waals surface area contributed by atoms with Crippen molar-refractivity contribution in [2.45, 2.75) is 32.3 Å². The van der Waals surface area contributed by atoms with Crippen LogP contribution in [-0.2, 0) is 5.41 Å². The first-order valence-corrected chi connectivity index (χ1v) is 6.66. The highest BCUT2D eigenvalue weighted by molar-refractivity contribution is 6.31. The summed E-state index contributed by atoms with van der Waals surface area (Å²) in [7, 11) is 0. The summed E-state index contributed by atoms with van der Waals surface area (Å²) in [5.41, 5.74) is 2.63. The van der Waals surface area contributed by atoms with Crippen molar-refractivity contribution in [1.82, 2.24) is 4.98 Å². The number of aromatic nitrogens is 1. The fourth-order valence-electron chi connectivity index (χ4n) is 1.92. The molecule has 2 nitrogen and oxygen atoms in total. The molecule has 1 aromatic carbocycles. The smallest absolute Gasteiger partial charge is 0.122 e. The number of rotatable bonds is 2. The van der Waals surface area contributed by atoms with E-state index in [1.54, 1.807) is 18.3 Å². The predicted molar refractivity (Wildman–Crippen MR) is 78.5 cm³/mol. The summed E-state index contributed by atoms with van der Waals surface area (Å²) >= 11 is 6.05. The predicted octanol–water partition coefficient (Wildman–Crippen LogP) is 4.11.